The van der Waals surface area contributed by atoms with E-state index in [-0.39, 0.29) is 11.7 Å². The molecular formula is C17H21N3O2. The van der Waals surface area contributed by atoms with Crippen LogP contribution in [-0.4, -0.2) is 24.2 Å². The molecule has 3 rings (SSSR count). The molecule has 1 aromatic carbocycles. The third kappa shape index (κ3) is 3.13. The number of aryl methyl sites for hydroxylation is 1. The lowest BCUT2D eigenvalue weighted by molar-refractivity contribution is 0.0987. The summed E-state index contributed by atoms with van der Waals surface area (Å²) >= 11 is 0. The summed E-state index contributed by atoms with van der Waals surface area (Å²) in [6.45, 7) is 6.31. The van der Waals surface area contributed by atoms with Crippen molar-refractivity contribution >= 4 is 17.3 Å². The van der Waals surface area contributed by atoms with Crippen LogP contribution in [0, 0.1) is 12.8 Å². The Morgan fingerprint density at radius 1 is 1.27 bits per heavy atom. The smallest absolute Gasteiger partial charge is 0.294 e. The van der Waals surface area contributed by atoms with Crippen molar-refractivity contribution < 1.29 is 9.32 Å². The van der Waals surface area contributed by atoms with Crippen molar-refractivity contribution in [1.29, 1.82) is 0 Å². The van der Waals surface area contributed by atoms with Gasteiger partial charge >= 0.3 is 0 Å². The molecule has 2 heterocycles. The molecule has 0 aliphatic carbocycles. The zero-order valence-corrected chi connectivity index (χ0v) is 13.0. The molecular weight excluding hydrogens is 278 g/mol. The van der Waals surface area contributed by atoms with Crippen molar-refractivity contribution in [1.82, 2.24) is 5.16 Å². The lowest BCUT2D eigenvalue weighted by Gasteiger charge is -2.32. The first-order valence-electron chi connectivity index (χ1n) is 7.71. The summed E-state index contributed by atoms with van der Waals surface area (Å²) < 4.78 is 4.96. The van der Waals surface area contributed by atoms with Gasteiger partial charge in [-0.3, -0.25) is 4.79 Å². The van der Waals surface area contributed by atoms with Gasteiger partial charge in [-0.2, -0.15) is 0 Å². The van der Waals surface area contributed by atoms with Gasteiger partial charge in [0, 0.05) is 30.0 Å². The predicted octanol–water partition coefficient (Wildman–Crippen LogP) is 3.47. The third-order valence-corrected chi connectivity index (χ3v) is 4.23. The number of carbonyl (C=O) groups excluding carboxylic acids is 1. The van der Waals surface area contributed by atoms with Gasteiger partial charge in [0.05, 0.1) is 6.20 Å². The number of anilines is 2. The number of hydrogen-bond acceptors (Lipinski definition) is 4. The van der Waals surface area contributed by atoms with Gasteiger partial charge in [0.2, 0.25) is 5.76 Å². The average molecular weight is 299 g/mol. The Kier molecular flexibility index (Phi) is 4.13. The first-order chi connectivity index (χ1) is 10.6. The lowest BCUT2D eigenvalue weighted by atomic mass is 9.99. The molecule has 0 atom stereocenters. The molecule has 1 N–H and O–H groups in total. The highest BCUT2D eigenvalue weighted by molar-refractivity contribution is 6.03. The summed E-state index contributed by atoms with van der Waals surface area (Å²) in [7, 11) is 0. The maximum Gasteiger partial charge on any atom is 0.294 e. The molecule has 2 aromatic rings. The Bertz CT molecular complexity index is 640. The summed E-state index contributed by atoms with van der Waals surface area (Å²) in [5.41, 5.74) is 2.70. The number of nitrogens with zero attached hydrogens (tertiary/aromatic N) is 2. The van der Waals surface area contributed by atoms with Crippen LogP contribution in [0.5, 0.6) is 0 Å². The van der Waals surface area contributed by atoms with Gasteiger partial charge in [-0.1, -0.05) is 12.1 Å². The number of rotatable bonds is 3. The highest BCUT2D eigenvalue weighted by Crippen LogP contribution is 2.24. The fraction of sp³-hybridized carbons (Fsp3) is 0.412. The van der Waals surface area contributed by atoms with Crippen LogP contribution in [0.4, 0.5) is 11.4 Å². The molecule has 0 bridgehead atoms. The van der Waals surface area contributed by atoms with E-state index in [0.29, 0.717) is 0 Å². The average Bonchev–Trinajstić information content (AvgIpc) is 2.95. The largest absolute Gasteiger partial charge is 0.372 e. The monoisotopic (exact) mass is 299 g/mol. The first-order valence-corrected chi connectivity index (χ1v) is 7.71. The first kappa shape index (κ1) is 14.6. The topological polar surface area (TPSA) is 58.4 Å². The molecule has 1 fully saturated rings. The molecule has 22 heavy (non-hydrogen) atoms. The van der Waals surface area contributed by atoms with Gasteiger partial charge in [-0.15, -0.1) is 0 Å². The molecule has 0 unspecified atom stereocenters. The Morgan fingerprint density at radius 3 is 2.55 bits per heavy atom. The quantitative estimate of drug-likeness (QED) is 0.942. The van der Waals surface area contributed by atoms with Gasteiger partial charge in [-0.05, 0) is 49.9 Å². The molecule has 0 saturated carbocycles. The normalized spacial score (nSPS) is 15.8. The summed E-state index contributed by atoms with van der Waals surface area (Å²) in [4.78, 5) is 14.5. The van der Waals surface area contributed by atoms with E-state index in [1.807, 2.05) is 12.1 Å². The molecule has 1 aromatic heterocycles. The van der Waals surface area contributed by atoms with Gasteiger partial charge in [0.15, 0.2) is 0 Å². The molecule has 1 aliphatic heterocycles. The second-order valence-corrected chi connectivity index (χ2v) is 6.01. The minimum atomic E-state index is -0.269. The van der Waals surface area contributed by atoms with Crippen LogP contribution in [0.1, 0.15) is 35.9 Å². The highest BCUT2D eigenvalue weighted by atomic mass is 16.5. The number of amides is 1. The van der Waals surface area contributed by atoms with Crippen LogP contribution in [0.3, 0.4) is 0 Å². The number of hydrogen-bond donors (Lipinski definition) is 1. The predicted molar refractivity (Wildman–Crippen MR) is 86.2 cm³/mol. The SMILES string of the molecule is Cc1cnoc1C(=O)Nc1ccc(N2CCC(C)CC2)cc1. The number of aromatic nitrogens is 1. The lowest BCUT2D eigenvalue weighted by Crippen LogP contribution is -2.32. The van der Waals surface area contributed by atoms with E-state index in [2.05, 4.69) is 34.4 Å². The second kappa shape index (κ2) is 6.22. The van der Waals surface area contributed by atoms with Crippen molar-refractivity contribution in [3.63, 3.8) is 0 Å². The van der Waals surface area contributed by atoms with Gasteiger partial charge in [0.1, 0.15) is 0 Å². The maximum absolute atomic E-state index is 12.1. The Hall–Kier alpha value is -2.30. The van der Waals surface area contributed by atoms with E-state index in [4.69, 9.17) is 4.52 Å². The van der Waals surface area contributed by atoms with Crippen molar-refractivity contribution in [3.05, 3.63) is 41.8 Å². The van der Waals surface area contributed by atoms with Crippen LogP contribution >= 0.6 is 0 Å². The molecule has 0 radical (unpaired) electrons. The fourth-order valence-corrected chi connectivity index (χ4v) is 2.72. The maximum atomic E-state index is 12.1. The Labute approximate surface area is 130 Å². The second-order valence-electron chi connectivity index (χ2n) is 6.01. The minimum Gasteiger partial charge on any atom is -0.372 e. The number of carbonyl (C=O) groups is 1. The van der Waals surface area contributed by atoms with E-state index in [9.17, 15) is 4.79 Å². The summed E-state index contributed by atoms with van der Waals surface area (Å²) in [5, 5.41) is 6.45. The van der Waals surface area contributed by atoms with Crippen molar-refractivity contribution in [2.45, 2.75) is 26.7 Å². The van der Waals surface area contributed by atoms with Crippen molar-refractivity contribution in [3.8, 4) is 0 Å². The summed E-state index contributed by atoms with van der Waals surface area (Å²) in [5.74, 6) is 0.809. The van der Waals surface area contributed by atoms with E-state index < -0.39 is 0 Å². The summed E-state index contributed by atoms with van der Waals surface area (Å²) in [6.07, 6.45) is 4.02. The molecule has 1 aliphatic rings. The van der Waals surface area contributed by atoms with E-state index in [1.165, 1.54) is 24.7 Å². The Morgan fingerprint density at radius 2 is 1.95 bits per heavy atom. The van der Waals surface area contributed by atoms with Crippen molar-refractivity contribution in [2.24, 2.45) is 5.92 Å². The van der Waals surface area contributed by atoms with E-state index in [1.54, 1.807) is 6.92 Å². The van der Waals surface area contributed by atoms with E-state index in [0.717, 1.165) is 30.3 Å². The van der Waals surface area contributed by atoms with Crippen LogP contribution in [0.25, 0.3) is 0 Å². The van der Waals surface area contributed by atoms with Crippen molar-refractivity contribution in [2.75, 3.05) is 23.3 Å². The van der Waals surface area contributed by atoms with Gasteiger partial charge < -0.3 is 14.7 Å². The highest BCUT2D eigenvalue weighted by Gasteiger charge is 2.17. The molecule has 0 spiro atoms. The number of benzene rings is 1. The zero-order chi connectivity index (χ0) is 15.5. The molecule has 1 saturated heterocycles. The van der Waals surface area contributed by atoms with E-state index >= 15 is 0 Å². The molecule has 116 valence electrons. The number of piperidine rings is 1. The van der Waals surface area contributed by atoms with Gasteiger partial charge in [0.25, 0.3) is 5.91 Å². The minimum absolute atomic E-state index is 0.258. The zero-order valence-electron chi connectivity index (χ0n) is 13.0. The summed E-state index contributed by atoms with van der Waals surface area (Å²) in [6, 6.07) is 7.96. The van der Waals surface area contributed by atoms with Crippen LogP contribution in [-0.2, 0) is 0 Å². The number of nitrogens with one attached hydrogen (secondary N) is 1. The van der Waals surface area contributed by atoms with Crippen LogP contribution in [0.15, 0.2) is 35.0 Å². The standard InChI is InChI=1S/C17H21N3O2/c1-12-7-9-20(10-8-12)15-5-3-14(4-6-15)19-17(21)16-13(2)11-18-22-16/h3-6,11-12H,7-10H2,1-2H3,(H,19,21). The fourth-order valence-electron chi connectivity index (χ4n) is 2.72. The molecule has 5 nitrogen and oxygen atoms in total. The van der Waals surface area contributed by atoms with Gasteiger partial charge in [-0.25, -0.2) is 0 Å². The molecule has 5 heteroatoms. The molecule has 1 amide bonds. The van der Waals surface area contributed by atoms with Crippen LogP contribution < -0.4 is 10.2 Å². The Balaban J connectivity index is 1.64. The van der Waals surface area contributed by atoms with Crippen LogP contribution in [0.2, 0.25) is 0 Å². The third-order valence-electron chi connectivity index (χ3n) is 4.23.